The van der Waals surface area contributed by atoms with E-state index in [2.05, 4.69) is 4.98 Å². The quantitative estimate of drug-likeness (QED) is 0.397. The van der Waals surface area contributed by atoms with Gasteiger partial charge in [0, 0.05) is 11.6 Å². The topological polar surface area (TPSA) is 86.2 Å². The lowest BCUT2D eigenvalue weighted by Gasteiger charge is -2.06. The number of rotatable bonds is 1. The molecule has 1 aliphatic carbocycles. The van der Waals surface area contributed by atoms with Crippen molar-refractivity contribution >= 4 is 23.1 Å². The highest BCUT2D eigenvalue weighted by Gasteiger charge is 2.11. The number of hydrogen-bond acceptors (Lipinski definition) is 5. The average molecular weight is 240 g/mol. The number of aldehydes is 1. The summed E-state index contributed by atoms with van der Waals surface area (Å²) in [5.74, 6) is 0.376. The lowest BCUT2D eigenvalue weighted by Crippen LogP contribution is -2.08. The molecule has 1 aromatic carbocycles. The second-order valence-electron chi connectivity index (χ2n) is 3.92. The maximum atomic E-state index is 11.4. The summed E-state index contributed by atoms with van der Waals surface area (Å²) in [6.45, 7) is 0. The van der Waals surface area contributed by atoms with Crippen LogP contribution in [0.15, 0.2) is 39.5 Å². The van der Waals surface area contributed by atoms with Gasteiger partial charge in [-0.25, -0.2) is 4.98 Å². The lowest BCUT2D eigenvalue weighted by molar-refractivity contribution is 0.112. The van der Waals surface area contributed by atoms with Crippen molar-refractivity contribution in [1.82, 2.24) is 4.98 Å². The molecule has 0 radical (unpaired) electrons. The molecular formula is C13H8N2O3. The van der Waals surface area contributed by atoms with Gasteiger partial charge >= 0.3 is 0 Å². The van der Waals surface area contributed by atoms with Gasteiger partial charge in [0.2, 0.25) is 5.43 Å². The molecule has 18 heavy (non-hydrogen) atoms. The summed E-state index contributed by atoms with van der Waals surface area (Å²) in [4.78, 5) is 26.4. The van der Waals surface area contributed by atoms with Crippen molar-refractivity contribution in [1.29, 1.82) is 0 Å². The smallest absolute Gasteiger partial charge is 0.205 e. The highest BCUT2D eigenvalue weighted by Crippen LogP contribution is 2.25. The zero-order valence-electron chi connectivity index (χ0n) is 9.21. The van der Waals surface area contributed by atoms with Gasteiger partial charge in [-0.1, -0.05) is 0 Å². The predicted octanol–water partition coefficient (Wildman–Crippen LogP) is 1.69. The molecular weight excluding hydrogens is 232 g/mol. The summed E-state index contributed by atoms with van der Waals surface area (Å²) < 4.78 is 5.55. The fourth-order valence-corrected chi connectivity index (χ4v) is 1.76. The monoisotopic (exact) mass is 240 g/mol. The van der Waals surface area contributed by atoms with E-state index < -0.39 is 0 Å². The first-order valence-corrected chi connectivity index (χ1v) is 5.27. The number of anilines is 1. The molecule has 0 amide bonds. The van der Waals surface area contributed by atoms with Crippen LogP contribution in [0, 0.1) is 0 Å². The molecule has 0 unspecified atom stereocenters. The molecule has 0 aromatic heterocycles. The van der Waals surface area contributed by atoms with Crippen molar-refractivity contribution in [3.05, 3.63) is 46.1 Å². The zero-order valence-corrected chi connectivity index (χ0v) is 9.21. The van der Waals surface area contributed by atoms with Gasteiger partial charge in [0.25, 0.3) is 0 Å². The van der Waals surface area contributed by atoms with Gasteiger partial charge in [-0.15, -0.1) is 0 Å². The van der Waals surface area contributed by atoms with E-state index in [0.29, 0.717) is 28.1 Å². The van der Waals surface area contributed by atoms with E-state index in [1.807, 2.05) is 0 Å². The largest absolute Gasteiger partial charge is 0.453 e. The van der Waals surface area contributed by atoms with Crippen molar-refractivity contribution in [3.63, 3.8) is 0 Å². The average Bonchev–Trinajstić information content (AvgIpc) is 2.37. The summed E-state index contributed by atoms with van der Waals surface area (Å²) in [6, 6.07) is 7.67. The van der Waals surface area contributed by atoms with Gasteiger partial charge in [-0.05, 0) is 24.3 Å². The third kappa shape index (κ3) is 1.53. The van der Waals surface area contributed by atoms with Crippen molar-refractivity contribution < 1.29 is 9.21 Å². The maximum Gasteiger partial charge on any atom is 0.205 e. The van der Waals surface area contributed by atoms with Gasteiger partial charge in [-0.3, -0.25) is 9.59 Å². The number of nitrogens with zero attached hydrogens (tertiary/aromatic N) is 1. The van der Waals surface area contributed by atoms with Gasteiger partial charge < -0.3 is 10.2 Å². The van der Waals surface area contributed by atoms with Gasteiger partial charge in [0.15, 0.2) is 11.3 Å². The van der Waals surface area contributed by atoms with Gasteiger partial charge in [0.05, 0.1) is 5.69 Å². The van der Waals surface area contributed by atoms with E-state index in [1.54, 1.807) is 18.2 Å². The Morgan fingerprint density at radius 2 is 2.06 bits per heavy atom. The van der Waals surface area contributed by atoms with Crippen molar-refractivity contribution in [2.45, 2.75) is 0 Å². The molecule has 88 valence electrons. The minimum absolute atomic E-state index is 0.121. The number of benzene rings is 2. The molecule has 1 aromatic rings. The third-order valence-corrected chi connectivity index (χ3v) is 2.67. The Hall–Kier alpha value is -2.69. The van der Waals surface area contributed by atoms with E-state index in [9.17, 15) is 9.59 Å². The normalized spacial score (nSPS) is 10.9. The third-order valence-electron chi connectivity index (χ3n) is 2.67. The van der Waals surface area contributed by atoms with Gasteiger partial charge in [-0.2, -0.15) is 0 Å². The van der Waals surface area contributed by atoms with Crippen molar-refractivity contribution in [3.8, 4) is 11.5 Å². The standard InChI is InChI=1S/C13H8N2O3/c14-8-4-10-13(5-11(8)17)18-12-2-1-7(6-16)3-9(12)15-10/h1-6H,14H2. The van der Waals surface area contributed by atoms with Crippen LogP contribution in [0.5, 0.6) is 0 Å². The number of fused-ring (bicyclic) bond motifs is 2. The molecule has 0 saturated carbocycles. The van der Waals surface area contributed by atoms with Crippen LogP contribution < -0.4 is 11.2 Å². The number of aromatic nitrogens is 1. The second kappa shape index (κ2) is 3.66. The number of nitrogens with two attached hydrogens (primary N) is 1. The Balaban J connectivity index is 2.41. The molecule has 0 saturated heterocycles. The van der Waals surface area contributed by atoms with Crippen LogP contribution in [0.4, 0.5) is 5.69 Å². The Bertz CT molecular complexity index is 792. The van der Waals surface area contributed by atoms with Gasteiger partial charge in [0.1, 0.15) is 17.5 Å². The van der Waals surface area contributed by atoms with E-state index in [1.165, 1.54) is 12.1 Å². The zero-order chi connectivity index (χ0) is 12.7. The summed E-state index contributed by atoms with van der Waals surface area (Å²) in [7, 11) is 0. The van der Waals surface area contributed by atoms with Crippen LogP contribution in [0.25, 0.3) is 22.6 Å². The van der Waals surface area contributed by atoms with E-state index >= 15 is 0 Å². The molecule has 2 aliphatic rings. The summed E-state index contributed by atoms with van der Waals surface area (Å²) in [5, 5.41) is 0. The Morgan fingerprint density at radius 1 is 1.22 bits per heavy atom. The summed E-state index contributed by atoms with van der Waals surface area (Å²) in [5.41, 5.74) is 7.42. The number of carbonyl (C=O) groups is 1. The fourth-order valence-electron chi connectivity index (χ4n) is 1.76. The first kappa shape index (κ1) is 10.5. The maximum absolute atomic E-state index is 11.4. The lowest BCUT2D eigenvalue weighted by atomic mass is 10.2. The molecule has 0 bridgehead atoms. The fraction of sp³-hybridized carbons (Fsp3) is 0. The first-order chi connectivity index (χ1) is 8.67. The van der Waals surface area contributed by atoms with Crippen LogP contribution in [0.2, 0.25) is 0 Å². The highest BCUT2D eigenvalue weighted by atomic mass is 16.3. The molecule has 5 heteroatoms. The van der Waals surface area contributed by atoms with E-state index in [-0.39, 0.29) is 11.1 Å². The molecule has 1 heterocycles. The Morgan fingerprint density at radius 3 is 2.83 bits per heavy atom. The number of carbonyl (C=O) groups excluding carboxylic acids is 1. The molecule has 3 rings (SSSR count). The highest BCUT2D eigenvalue weighted by molar-refractivity contribution is 5.85. The number of nitrogen functional groups attached to an aromatic ring is 1. The molecule has 0 spiro atoms. The van der Waals surface area contributed by atoms with Crippen molar-refractivity contribution in [2.75, 3.05) is 5.73 Å². The number of hydrogen-bond donors (Lipinski definition) is 1. The molecule has 1 aliphatic heterocycles. The van der Waals surface area contributed by atoms with Crippen LogP contribution in [-0.4, -0.2) is 11.3 Å². The van der Waals surface area contributed by atoms with E-state index in [4.69, 9.17) is 10.2 Å². The molecule has 2 N–H and O–H groups in total. The van der Waals surface area contributed by atoms with E-state index in [0.717, 1.165) is 6.29 Å². The minimum atomic E-state index is -0.295. The Labute approximate surface area is 101 Å². The van der Waals surface area contributed by atoms with Crippen molar-refractivity contribution in [2.24, 2.45) is 0 Å². The first-order valence-electron chi connectivity index (χ1n) is 5.27. The summed E-state index contributed by atoms with van der Waals surface area (Å²) in [6.07, 6.45) is 0.737. The second-order valence-corrected chi connectivity index (χ2v) is 3.92. The minimum Gasteiger partial charge on any atom is -0.453 e. The summed E-state index contributed by atoms with van der Waals surface area (Å²) >= 11 is 0. The van der Waals surface area contributed by atoms with Crippen LogP contribution in [0.3, 0.4) is 0 Å². The van der Waals surface area contributed by atoms with Crippen LogP contribution in [0.1, 0.15) is 10.4 Å². The van der Waals surface area contributed by atoms with Crippen LogP contribution >= 0.6 is 0 Å². The molecule has 0 atom stereocenters. The van der Waals surface area contributed by atoms with Crippen LogP contribution in [-0.2, 0) is 0 Å². The SMILES string of the molecule is Nc1cc2nc3cc(C=O)ccc3oc-2cc1=O. The molecule has 5 nitrogen and oxygen atoms in total. The Kier molecular flexibility index (Phi) is 2.13. The molecule has 0 fully saturated rings. The predicted molar refractivity (Wildman–Crippen MR) is 66.7 cm³/mol.